The van der Waals surface area contributed by atoms with Gasteiger partial charge in [0, 0.05) is 11.8 Å². The molecule has 12 heavy (non-hydrogen) atoms. The molecule has 0 amide bonds. The minimum Gasteiger partial charge on any atom is -0.495 e. The molecule has 1 fully saturated rings. The van der Waals surface area contributed by atoms with Gasteiger partial charge in [-0.25, -0.2) is 0 Å². The molecule has 2 nitrogen and oxygen atoms in total. The maximum Gasteiger partial charge on any atom is 0.124 e. The zero-order valence-electron chi connectivity index (χ0n) is 7.76. The van der Waals surface area contributed by atoms with Gasteiger partial charge in [-0.3, -0.25) is 0 Å². The van der Waals surface area contributed by atoms with Crippen LogP contribution in [0.2, 0.25) is 0 Å². The number of aliphatic hydroxyl groups is 1. The summed E-state index contributed by atoms with van der Waals surface area (Å²) in [7, 11) is 0. The summed E-state index contributed by atoms with van der Waals surface area (Å²) in [6.07, 6.45) is 2.91. The van der Waals surface area contributed by atoms with Crippen molar-refractivity contribution in [1.82, 2.24) is 0 Å². The molecular weight excluding hydrogens is 152 g/mol. The number of ether oxygens (including phenoxy) is 1. The first-order valence-corrected chi connectivity index (χ1v) is 4.64. The summed E-state index contributed by atoms with van der Waals surface area (Å²) in [6.45, 7) is 4.94. The molecule has 2 heteroatoms. The van der Waals surface area contributed by atoms with Crippen molar-refractivity contribution < 1.29 is 9.84 Å². The third-order valence-corrected chi connectivity index (χ3v) is 3.10. The standard InChI is InChI=1S/C10H16O2/c1-7-3-6-12-8(7)9(11)10(2)4-5-10/h9,11H,3-6H2,1-2H3. The fraction of sp³-hybridized carbons (Fsp3) is 0.800. The summed E-state index contributed by atoms with van der Waals surface area (Å²) < 4.78 is 5.42. The van der Waals surface area contributed by atoms with Crippen LogP contribution in [-0.4, -0.2) is 17.8 Å². The number of rotatable bonds is 2. The Bertz CT molecular complexity index is 226. The second-order valence-electron chi connectivity index (χ2n) is 4.30. The first-order chi connectivity index (χ1) is 5.63. The van der Waals surface area contributed by atoms with Crippen molar-refractivity contribution in [3.05, 3.63) is 11.3 Å². The molecule has 1 saturated carbocycles. The minimum atomic E-state index is -0.347. The van der Waals surface area contributed by atoms with Crippen LogP contribution < -0.4 is 0 Å². The van der Waals surface area contributed by atoms with E-state index in [0.717, 1.165) is 31.6 Å². The summed E-state index contributed by atoms with van der Waals surface area (Å²) in [6, 6.07) is 0. The van der Waals surface area contributed by atoms with Crippen molar-refractivity contribution in [3.8, 4) is 0 Å². The summed E-state index contributed by atoms with van der Waals surface area (Å²) in [4.78, 5) is 0. The molecule has 1 aliphatic heterocycles. The SMILES string of the molecule is CC1=C(C(O)C2(C)CC2)OCC1. The van der Waals surface area contributed by atoms with Crippen LogP contribution in [0.4, 0.5) is 0 Å². The van der Waals surface area contributed by atoms with E-state index in [4.69, 9.17) is 4.74 Å². The van der Waals surface area contributed by atoms with Crippen LogP contribution in [0.3, 0.4) is 0 Å². The van der Waals surface area contributed by atoms with Gasteiger partial charge in [-0.05, 0) is 25.3 Å². The van der Waals surface area contributed by atoms with Crippen molar-refractivity contribution in [2.24, 2.45) is 5.41 Å². The topological polar surface area (TPSA) is 29.5 Å². The predicted molar refractivity (Wildman–Crippen MR) is 46.6 cm³/mol. The van der Waals surface area contributed by atoms with Crippen LogP contribution in [0.15, 0.2) is 11.3 Å². The van der Waals surface area contributed by atoms with E-state index >= 15 is 0 Å². The lowest BCUT2D eigenvalue weighted by Crippen LogP contribution is -2.22. The van der Waals surface area contributed by atoms with Crippen LogP contribution >= 0.6 is 0 Å². The Morgan fingerprint density at radius 2 is 2.17 bits per heavy atom. The predicted octanol–water partition coefficient (Wildman–Crippen LogP) is 1.84. The summed E-state index contributed by atoms with van der Waals surface area (Å²) in [5.41, 5.74) is 1.36. The summed E-state index contributed by atoms with van der Waals surface area (Å²) in [5, 5.41) is 9.94. The van der Waals surface area contributed by atoms with Gasteiger partial charge in [0.15, 0.2) is 0 Å². The quantitative estimate of drug-likeness (QED) is 0.681. The maximum atomic E-state index is 9.94. The molecule has 1 aliphatic carbocycles. The van der Waals surface area contributed by atoms with Crippen LogP contribution in [0.25, 0.3) is 0 Å². The number of aliphatic hydroxyl groups excluding tert-OH is 1. The fourth-order valence-corrected chi connectivity index (χ4v) is 1.66. The Balaban J connectivity index is 2.13. The van der Waals surface area contributed by atoms with Gasteiger partial charge in [0.1, 0.15) is 11.9 Å². The molecule has 0 bridgehead atoms. The summed E-state index contributed by atoms with van der Waals surface area (Å²) >= 11 is 0. The second-order valence-corrected chi connectivity index (χ2v) is 4.30. The lowest BCUT2D eigenvalue weighted by Gasteiger charge is -2.19. The number of hydrogen-bond acceptors (Lipinski definition) is 2. The zero-order valence-corrected chi connectivity index (χ0v) is 7.76. The van der Waals surface area contributed by atoms with E-state index in [9.17, 15) is 5.11 Å². The lowest BCUT2D eigenvalue weighted by atomic mass is 9.98. The Hall–Kier alpha value is -0.500. The molecule has 0 radical (unpaired) electrons. The highest BCUT2D eigenvalue weighted by Gasteiger charge is 2.47. The Morgan fingerprint density at radius 3 is 2.58 bits per heavy atom. The lowest BCUT2D eigenvalue weighted by molar-refractivity contribution is 0.0697. The monoisotopic (exact) mass is 168 g/mol. The third-order valence-electron chi connectivity index (χ3n) is 3.10. The highest BCUT2D eigenvalue weighted by atomic mass is 16.5. The van der Waals surface area contributed by atoms with Crippen LogP contribution in [-0.2, 0) is 4.74 Å². The van der Waals surface area contributed by atoms with Crippen molar-refractivity contribution in [2.75, 3.05) is 6.61 Å². The molecule has 0 aromatic carbocycles. The molecule has 2 aliphatic rings. The normalized spacial score (nSPS) is 28.6. The smallest absolute Gasteiger partial charge is 0.124 e. The first kappa shape index (κ1) is 8.11. The Kier molecular flexibility index (Phi) is 1.69. The Morgan fingerprint density at radius 1 is 1.50 bits per heavy atom. The van der Waals surface area contributed by atoms with Gasteiger partial charge >= 0.3 is 0 Å². The third kappa shape index (κ3) is 1.14. The molecule has 1 atom stereocenters. The molecule has 2 rings (SSSR count). The molecule has 0 saturated heterocycles. The van der Waals surface area contributed by atoms with E-state index < -0.39 is 0 Å². The van der Waals surface area contributed by atoms with Gasteiger partial charge in [0.2, 0.25) is 0 Å². The molecule has 1 heterocycles. The van der Waals surface area contributed by atoms with E-state index in [0.29, 0.717) is 0 Å². The van der Waals surface area contributed by atoms with E-state index in [1.807, 2.05) is 0 Å². The van der Waals surface area contributed by atoms with Crippen LogP contribution in [0, 0.1) is 5.41 Å². The average Bonchev–Trinajstić information content (AvgIpc) is 2.63. The van der Waals surface area contributed by atoms with Gasteiger partial charge in [-0.1, -0.05) is 6.92 Å². The van der Waals surface area contributed by atoms with Crippen molar-refractivity contribution in [1.29, 1.82) is 0 Å². The van der Waals surface area contributed by atoms with E-state index in [2.05, 4.69) is 13.8 Å². The minimum absolute atomic E-state index is 0.126. The largest absolute Gasteiger partial charge is 0.495 e. The van der Waals surface area contributed by atoms with E-state index in [-0.39, 0.29) is 11.5 Å². The summed E-state index contributed by atoms with van der Waals surface area (Å²) in [5.74, 6) is 0.856. The molecule has 0 spiro atoms. The molecule has 1 N–H and O–H groups in total. The van der Waals surface area contributed by atoms with Gasteiger partial charge in [0.05, 0.1) is 6.61 Å². The fourth-order valence-electron chi connectivity index (χ4n) is 1.66. The molecule has 68 valence electrons. The number of hydrogen-bond donors (Lipinski definition) is 1. The van der Waals surface area contributed by atoms with Gasteiger partial charge in [-0.2, -0.15) is 0 Å². The highest BCUT2D eigenvalue weighted by molar-refractivity contribution is 5.19. The van der Waals surface area contributed by atoms with Gasteiger partial charge in [-0.15, -0.1) is 0 Å². The van der Waals surface area contributed by atoms with E-state index in [1.165, 1.54) is 5.57 Å². The zero-order chi connectivity index (χ0) is 8.77. The van der Waals surface area contributed by atoms with Crippen molar-refractivity contribution in [3.63, 3.8) is 0 Å². The highest BCUT2D eigenvalue weighted by Crippen LogP contribution is 2.51. The van der Waals surface area contributed by atoms with E-state index in [1.54, 1.807) is 0 Å². The molecule has 0 aromatic heterocycles. The molecule has 0 aromatic rings. The van der Waals surface area contributed by atoms with Crippen LogP contribution in [0.1, 0.15) is 33.1 Å². The first-order valence-electron chi connectivity index (χ1n) is 4.64. The van der Waals surface area contributed by atoms with Crippen molar-refractivity contribution >= 4 is 0 Å². The maximum absolute atomic E-state index is 9.94. The second kappa shape index (κ2) is 2.49. The average molecular weight is 168 g/mol. The van der Waals surface area contributed by atoms with Gasteiger partial charge in [0.25, 0.3) is 0 Å². The Labute approximate surface area is 73.2 Å². The van der Waals surface area contributed by atoms with Gasteiger partial charge < -0.3 is 9.84 Å². The molecular formula is C10H16O2. The molecule has 1 unspecified atom stereocenters. The van der Waals surface area contributed by atoms with Crippen molar-refractivity contribution in [2.45, 2.75) is 39.2 Å². The van der Waals surface area contributed by atoms with Crippen LogP contribution in [0.5, 0.6) is 0 Å².